The van der Waals surface area contributed by atoms with Gasteiger partial charge in [0.15, 0.2) is 5.13 Å². The van der Waals surface area contributed by atoms with E-state index in [1.807, 2.05) is 30.3 Å². The molecule has 1 fully saturated rings. The largest absolute Gasteiger partial charge is 0.325 e. The Kier molecular flexibility index (Phi) is 5.94. The van der Waals surface area contributed by atoms with Gasteiger partial charge in [-0.3, -0.25) is 19.4 Å². The van der Waals surface area contributed by atoms with Crippen LogP contribution in [0.15, 0.2) is 53.9 Å². The second-order valence-corrected chi connectivity index (χ2v) is 9.04. The number of benzene rings is 2. The predicted octanol–water partition coefficient (Wildman–Crippen LogP) is 5.10. The van der Waals surface area contributed by atoms with Crippen LogP contribution < -0.4 is 10.2 Å². The van der Waals surface area contributed by atoms with Crippen LogP contribution in [0.1, 0.15) is 25.1 Å². The third kappa shape index (κ3) is 3.97. The third-order valence-corrected chi connectivity index (χ3v) is 6.77. The van der Waals surface area contributed by atoms with Gasteiger partial charge in [-0.1, -0.05) is 47.5 Å². The molecule has 0 aliphatic carbocycles. The van der Waals surface area contributed by atoms with E-state index >= 15 is 0 Å². The lowest BCUT2D eigenvalue weighted by atomic mass is 9.92. The number of rotatable bonds is 5. The zero-order chi connectivity index (χ0) is 23.0. The van der Waals surface area contributed by atoms with Crippen LogP contribution in [-0.2, 0) is 21.7 Å². The number of halogens is 2. The molecule has 2 heterocycles. The van der Waals surface area contributed by atoms with E-state index in [0.717, 1.165) is 4.90 Å². The molecule has 7 nitrogen and oxygen atoms in total. The molecule has 0 saturated carbocycles. The molecule has 1 N–H and O–H groups in total. The lowest BCUT2D eigenvalue weighted by Gasteiger charge is -2.22. The highest BCUT2D eigenvalue weighted by molar-refractivity contribution is 7.14. The van der Waals surface area contributed by atoms with Gasteiger partial charge in [-0.25, -0.2) is 9.78 Å². The summed E-state index contributed by atoms with van der Waals surface area (Å²) in [6.07, 6.45) is 0. The number of nitrogens with zero attached hydrogens (tertiary/aromatic N) is 3. The van der Waals surface area contributed by atoms with Crippen molar-refractivity contribution in [2.75, 3.05) is 4.90 Å². The molecule has 1 aromatic heterocycles. The Morgan fingerprint density at radius 3 is 2.53 bits per heavy atom. The van der Waals surface area contributed by atoms with Crippen molar-refractivity contribution in [3.63, 3.8) is 0 Å². The Bertz CT molecular complexity index is 1220. The van der Waals surface area contributed by atoms with Crippen LogP contribution in [0.2, 0.25) is 10.0 Å². The minimum Gasteiger partial charge on any atom is -0.319 e. The van der Waals surface area contributed by atoms with Crippen molar-refractivity contribution in [1.29, 1.82) is 0 Å². The quantitative estimate of drug-likeness (QED) is 0.506. The molecule has 0 radical (unpaired) electrons. The smallest absolute Gasteiger partial charge is 0.319 e. The molecule has 1 unspecified atom stereocenters. The van der Waals surface area contributed by atoms with Gasteiger partial charge in [0.25, 0.3) is 5.91 Å². The Labute approximate surface area is 198 Å². The maximum Gasteiger partial charge on any atom is 0.325 e. The van der Waals surface area contributed by atoms with E-state index in [9.17, 15) is 14.4 Å². The van der Waals surface area contributed by atoms with Gasteiger partial charge in [0.1, 0.15) is 5.54 Å². The molecule has 1 aliphatic rings. The second-order valence-electron chi connectivity index (χ2n) is 7.39. The van der Waals surface area contributed by atoms with Gasteiger partial charge >= 0.3 is 6.03 Å². The summed E-state index contributed by atoms with van der Waals surface area (Å²) in [6.45, 7) is 3.04. The highest BCUT2D eigenvalue weighted by Crippen LogP contribution is 2.34. The standard InChI is InChI=1S/C22H18Cl2N4O3S/c1-13(29)28(16-6-4-3-5-7-16)21-25-15(12-32-21)11-27-19(30)22(2,26-20(27)31)14-8-9-17(23)18(24)10-14/h3-10,12H,11H2,1-2H3,(H,26,31). The molecule has 1 saturated heterocycles. The predicted molar refractivity (Wildman–Crippen MR) is 124 cm³/mol. The first kappa shape index (κ1) is 22.3. The molecule has 0 bridgehead atoms. The minimum absolute atomic E-state index is 0.0292. The highest BCUT2D eigenvalue weighted by atomic mass is 35.5. The van der Waals surface area contributed by atoms with Crippen molar-refractivity contribution < 1.29 is 14.4 Å². The van der Waals surface area contributed by atoms with Gasteiger partial charge < -0.3 is 5.32 Å². The fourth-order valence-electron chi connectivity index (χ4n) is 3.48. The SMILES string of the molecule is CC(=O)N(c1ccccc1)c1nc(CN2C(=O)NC(C)(c3ccc(Cl)c(Cl)c3)C2=O)cs1. The van der Waals surface area contributed by atoms with Crippen LogP contribution in [0.4, 0.5) is 15.6 Å². The molecular formula is C22H18Cl2N4O3S. The molecule has 2 aromatic carbocycles. The number of carbonyl (C=O) groups excluding carboxylic acids is 3. The summed E-state index contributed by atoms with van der Waals surface area (Å²) in [4.78, 5) is 45.2. The lowest BCUT2D eigenvalue weighted by Crippen LogP contribution is -2.40. The number of carbonyl (C=O) groups is 3. The average molecular weight is 489 g/mol. The van der Waals surface area contributed by atoms with Gasteiger partial charge in [-0.05, 0) is 36.8 Å². The van der Waals surface area contributed by atoms with Crippen molar-refractivity contribution in [3.8, 4) is 0 Å². The number of hydrogen-bond acceptors (Lipinski definition) is 5. The van der Waals surface area contributed by atoms with Gasteiger partial charge in [0.2, 0.25) is 5.91 Å². The number of thiazole rings is 1. The number of aromatic nitrogens is 1. The van der Waals surface area contributed by atoms with E-state index < -0.39 is 17.5 Å². The number of para-hydroxylation sites is 1. The average Bonchev–Trinajstić information content (AvgIpc) is 3.29. The topological polar surface area (TPSA) is 82.6 Å². The monoisotopic (exact) mass is 488 g/mol. The van der Waals surface area contributed by atoms with E-state index in [2.05, 4.69) is 10.3 Å². The molecular weight excluding hydrogens is 471 g/mol. The van der Waals surface area contributed by atoms with E-state index in [0.29, 0.717) is 32.1 Å². The third-order valence-electron chi connectivity index (χ3n) is 5.15. The van der Waals surface area contributed by atoms with Crippen LogP contribution in [0.5, 0.6) is 0 Å². The normalized spacial score (nSPS) is 18.1. The minimum atomic E-state index is -1.28. The lowest BCUT2D eigenvalue weighted by molar-refractivity contribution is -0.131. The fraction of sp³-hybridized carbons (Fsp3) is 0.182. The van der Waals surface area contributed by atoms with Crippen LogP contribution >= 0.6 is 34.5 Å². The Balaban J connectivity index is 1.58. The van der Waals surface area contributed by atoms with E-state index in [-0.39, 0.29) is 12.5 Å². The summed E-state index contributed by atoms with van der Waals surface area (Å²) in [5, 5.41) is 5.57. The molecule has 4 amide bonds. The van der Waals surface area contributed by atoms with Crippen molar-refractivity contribution >= 4 is 63.2 Å². The number of imide groups is 1. The first-order chi connectivity index (χ1) is 15.2. The maximum absolute atomic E-state index is 13.2. The van der Waals surface area contributed by atoms with Crippen LogP contribution in [0, 0.1) is 0 Å². The van der Waals surface area contributed by atoms with Crippen LogP contribution in [0.3, 0.4) is 0 Å². The molecule has 32 heavy (non-hydrogen) atoms. The summed E-state index contributed by atoms with van der Waals surface area (Å²) in [6, 6.07) is 13.4. The van der Waals surface area contributed by atoms with Gasteiger partial charge in [0.05, 0.1) is 28.0 Å². The van der Waals surface area contributed by atoms with Crippen molar-refractivity contribution in [2.24, 2.45) is 0 Å². The highest BCUT2D eigenvalue weighted by Gasteiger charge is 2.49. The first-order valence-corrected chi connectivity index (χ1v) is 11.2. The van der Waals surface area contributed by atoms with E-state index in [1.54, 1.807) is 30.5 Å². The Hall–Kier alpha value is -2.94. The molecule has 3 aromatic rings. The van der Waals surface area contributed by atoms with Crippen molar-refractivity contribution in [2.45, 2.75) is 25.9 Å². The van der Waals surface area contributed by atoms with E-state index in [4.69, 9.17) is 23.2 Å². The number of urea groups is 1. The molecule has 164 valence electrons. The molecule has 1 aliphatic heterocycles. The number of nitrogens with one attached hydrogen (secondary N) is 1. The van der Waals surface area contributed by atoms with Crippen LogP contribution in [0.25, 0.3) is 0 Å². The zero-order valence-corrected chi connectivity index (χ0v) is 19.5. The summed E-state index contributed by atoms with van der Waals surface area (Å²) < 4.78 is 0. The van der Waals surface area contributed by atoms with Gasteiger partial charge in [-0.15, -0.1) is 11.3 Å². The Morgan fingerprint density at radius 2 is 1.88 bits per heavy atom. The number of amides is 4. The maximum atomic E-state index is 13.2. The van der Waals surface area contributed by atoms with Crippen molar-refractivity contribution in [1.82, 2.24) is 15.2 Å². The molecule has 10 heteroatoms. The molecule has 0 spiro atoms. The number of anilines is 2. The van der Waals surface area contributed by atoms with Gasteiger partial charge in [0, 0.05) is 12.3 Å². The zero-order valence-electron chi connectivity index (χ0n) is 17.1. The summed E-state index contributed by atoms with van der Waals surface area (Å²) in [5.41, 5.74) is 0.426. The van der Waals surface area contributed by atoms with Crippen molar-refractivity contribution in [3.05, 3.63) is 75.2 Å². The van der Waals surface area contributed by atoms with E-state index in [1.165, 1.54) is 23.2 Å². The molecule has 4 rings (SSSR count). The summed E-state index contributed by atoms with van der Waals surface area (Å²) >= 11 is 13.3. The van der Waals surface area contributed by atoms with Crippen LogP contribution in [-0.4, -0.2) is 27.7 Å². The Morgan fingerprint density at radius 1 is 1.16 bits per heavy atom. The fourth-order valence-corrected chi connectivity index (χ4v) is 4.66. The number of hydrogen-bond donors (Lipinski definition) is 1. The summed E-state index contributed by atoms with van der Waals surface area (Å²) in [7, 11) is 0. The summed E-state index contributed by atoms with van der Waals surface area (Å²) in [5.74, 6) is -0.624. The second kappa shape index (κ2) is 8.54. The van der Waals surface area contributed by atoms with Gasteiger partial charge in [-0.2, -0.15) is 0 Å². The molecule has 1 atom stereocenters. The first-order valence-electron chi connectivity index (χ1n) is 9.60.